The number of furan rings is 1. The van der Waals surface area contributed by atoms with E-state index in [-0.39, 0.29) is 62.8 Å². The predicted octanol–water partition coefficient (Wildman–Crippen LogP) is 7.43. The van der Waals surface area contributed by atoms with Gasteiger partial charge >= 0.3 is 0 Å². The summed E-state index contributed by atoms with van der Waals surface area (Å²) in [5.41, 5.74) is 4.06. The Labute approximate surface area is 340 Å². The number of nitrogens with zero attached hydrogens (tertiary/aromatic N) is 2. The molecule has 294 valence electrons. The number of allylic oxidation sites excluding steroid dienone is 2. The predicted molar refractivity (Wildman–Crippen MR) is 220 cm³/mol. The number of carbonyl (C=O) groups excluding carboxylic acids is 6. The number of aromatic nitrogens is 2. The van der Waals surface area contributed by atoms with Crippen LogP contribution in [-0.2, 0) is 17.9 Å². The zero-order valence-corrected chi connectivity index (χ0v) is 32.3. The van der Waals surface area contributed by atoms with E-state index in [9.17, 15) is 28.8 Å². The molecule has 3 aliphatic rings. The second kappa shape index (κ2) is 16.6. The molecule has 3 aliphatic carbocycles. The highest BCUT2D eigenvalue weighted by Gasteiger charge is 2.41. The minimum absolute atomic E-state index is 0.0375. The average molecular weight is 785 g/mol. The lowest BCUT2D eigenvalue weighted by Gasteiger charge is -2.18. The number of fused-ring (bicyclic) bond motifs is 3. The van der Waals surface area contributed by atoms with Gasteiger partial charge in [0, 0.05) is 89.9 Å². The van der Waals surface area contributed by atoms with Crippen LogP contribution in [0.15, 0.2) is 155 Å². The Morgan fingerprint density at radius 3 is 1.64 bits per heavy atom. The van der Waals surface area contributed by atoms with Crippen LogP contribution in [0.2, 0.25) is 0 Å². The molecule has 3 aromatic carbocycles. The van der Waals surface area contributed by atoms with Crippen molar-refractivity contribution in [3.63, 3.8) is 0 Å². The van der Waals surface area contributed by atoms with Crippen molar-refractivity contribution < 1.29 is 33.2 Å². The molecule has 0 unspecified atom stereocenters. The minimum Gasteiger partial charge on any atom is -0.451 e. The van der Waals surface area contributed by atoms with Gasteiger partial charge in [0.25, 0.3) is 11.8 Å². The van der Waals surface area contributed by atoms with Gasteiger partial charge in [-0.05, 0) is 50.5 Å². The van der Waals surface area contributed by atoms with E-state index in [1.54, 1.807) is 60.7 Å². The van der Waals surface area contributed by atoms with Crippen molar-refractivity contribution in [3.05, 3.63) is 189 Å². The maximum Gasteiger partial charge on any atom is 0.256 e. The van der Waals surface area contributed by atoms with Crippen molar-refractivity contribution >= 4 is 34.9 Å². The summed E-state index contributed by atoms with van der Waals surface area (Å²) in [5, 5.41) is 5.79. The standard InChI is InChI=1S/C26H20N2O4.C22H20N2O3/c29-22-18-11-4-5-12-19(18)23(30)25-20(22)21(24(32-25)17-9-2-1-3-10-17)26(31)27-13-8-16-28-14-6-7-15-28;1-14-13-17-19(21(26)16-8-3-2-7-15(16)20(17)25)18(14)22(27)23-9-6-12-24-10-4-5-11-24/h1-7,9-12,14-15H,8,13,16H2,(H,27,31);2-5,7-8,10-11H,6,9,12-13H2,1H3,(H,23,27). The maximum absolute atomic E-state index is 13.3. The molecular formula is C48H40N4O7. The van der Waals surface area contributed by atoms with E-state index in [1.165, 1.54) is 0 Å². The van der Waals surface area contributed by atoms with E-state index in [0.717, 1.165) is 31.5 Å². The summed E-state index contributed by atoms with van der Waals surface area (Å²) in [6, 6.07) is 30.3. The highest BCUT2D eigenvalue weighted by atomic mass is 16.4. The molecule has 59 heavy (non-hydrogen) atoms. The first-order valence-corrected chi connectivity index (χ1v) is 19.5. The maximum atomic E-state index is 13.3. The first-order valence-electron chi connectivity index (χ1n) is 19.5. The van der Waals surface area contributed by atoms with Gasteiger partial charge in [0.1, 0.15) is 5.76 Å². The van der Waals surface area contributed by atoms with Gasteiger partial charge in [0.15, 0.2) is 23.1 Å². The molecular weight excluding hydrogens is 745 g/mol. The number of hydrogen-bond acceptors (Lipinski definition) is 7. The molecule has 0 radical (unpaired) electrons. The molecule has 2 amide bonds. The van der Waals surface area contributed by atoms with Crippen molar-refractivity contribution in [2.75, 3.05) is 13.1 Å². The Hall–Kier alpha value is -7.40. The topological polar surface area (TPSA) is 149 Å². The number of carbonyl (C=O) groups is 6. The lowest BCUT2D eigenvalue weighted by Crippen LogP contribution is -2.30. The number of aryl methyl sites for hydroxylation is 2. The third-order valence-electron chi connectivity index (χ3n) is 10.7. The second-order valence-electron chi connectivity index (χ2n) is 14.5. The van der Waals surface area contributed by atoms with Crippen LogP contribution in [0.3, 0.4) is 0 Å². The van der Waals surface area contributed by atoms with E-state index in [0.29, 0.717) is 52.9 Å². The molecule has 0 bridgehead atoms. The van der Waals surface area contributed by atoms with Crippen molar-refractivity contribution in [1.29, 1.82) is 0 Å². The molecule has 3 heterocycles. The van der Waals surface area contributed by atoms with Crippen molar-refractivity contribution in [3.8, 4) is 11.3 Å². The van der Waals surface area contributed by atoms with Crippen molar-refractivity contribution in [1.82, 2.24) is 19.8 Å². The molecule has 2 N–H and O–H groups in total. The van der Waals surface area contributed by atoms with Crippen LogP contribution < -0.4 is 10.6 Å². The van der Waals surface area contributed by atoms with Crippen LogP contribution in [0.25, 0.3) is 11.3 Å². The summed E-state index contributed by atoms with van der Waals surface area (Å²) in [4.78, 5) is 78.2. The van der Waals surface area contributed by atoms with E-state index in [4.69, 9.17) is 4.42 Å². The number of nitrogens with one attached hydrogen (secondary N) is 2. The summed E-state index contributed by atoms with van der Waals surface area (Å²) in [7, 11) is 0. The summed E-state index contributed by atoms with van der Waals surface area (Å²) < 4.78 is 9.99. The molecule has 0 fully saturated rings. The fourth-order valence-corrected chi connectivity index (χ4v) is 7.83. The first-order chi connectivity index (χ1) is 28.7. The molecule has 0 spiro atoms. The van der Waals surface area contributed by atoms with E-state index < -0.39 is 5.91 Å². The minimum atomic E-state index is -0.429. The largest absolute Gasteiger partial charge is 0.451 e. The third kappa shape index (κ3) is 7.46. The Balaban J connectivity index is 0.000000167. The van der Waals surface area contributed by atoms with Gasteiger partial charge < -0.3 is 24.2 Å². The average Bonchev–Trinajstić information content (AvgIpc) is 4.10. The Morgan fingerprint density at radius 2 is 1.07 bits per heavy atom. The van der Waals surface area contributed by atoms with Gasteiger partial charge in [-0.3, -0.25) is 28.8 Å². The summed E-state index contributed by atoms with van der Waals surface area (Å²) in [5.74, 6) is -1.69. The molecule has 3 aromatic heterocycles. The third-order valence-corrected chi connectivity index (χ3v) is 10.7. The lowest BCUT2D eigenvalue weighted by molar-refractivity contribution is -0.117. The molecule has 0 saturated heterocycles. The highest BCUT2D eigenvalue weighted by Crippen LogP contribution is 2.41. The summed E-state index contributed by atoms with van der Waals surface area (Å²) in [6.07, 6.45) is 9.75. The van der Waals surface area contributed by atoms with Gasteiger partial charge in [-0.15, -0.1) is 0 Å². The van der Waals surface area contributed by atoms with Gasteiger partial charge in [-0.2, -0.15) is 0 Å². The van der Waals surface area contributed by atoms with Crippen LogP contribution in [0.5, 0.6) is 0 Å². The Kier molecular flexibility index (Phi) is 10.8. The van der Waals surface area contributed by atoms with Crippen molar-refractivity contribution in [2.45, 2.75) is 39.3 Å². The number of hydrogen-bond donors (Lipinski definition) is 2. The van der Waals surface area contributed by atoms with Gasteiger partial charge in [0.2, 0.25) is 5.78 Å². The summed E-state index contributed by atoms with van der Waals surface area (Å²) in [6.45, 7) is 4.31. The second-order valence-corrected chi connectivity index (χ2v) is 14.5. The van der Waals surface area contributed by atoms with Gasteiger partial charge in [-0.1, -0.05) is 84.4 Å². The fourth-order valence-electron chi connectivity index (χ4n) is 7.83. The smallest absolute Gasteiger partial charge is 0.256 e. The highest BCUT2D eigenvalue weighted by molar-refractivity contribution is 6.33. The zero-order valence-electron chi connectivity index (χ0n) is 32.3. The van der Waals surface area contributed by atoms with Crippen LogP contribution in [0.1, 0.15) is 89.3 Å². The molecule has 0 atom stereocenters. The van der Waals surface area contributed by atoms with Crippen LogP contribution >= 0.6 is 0 Å². The first kappa shape index (κ1) is 38.5. The number of ketones is 4. The fraction of sp³-hybridized carbons (Fsp3) is 0.167. The van der Waals surface area contributed by atoms with Gasteiger partial charge in [-0.25, -0.2) is 0 Å². The van der Waals surface area contributed by atoms with Crippen molar-refractivity contribution in [2.24, 2.45) is 0 Å². The zero-order chi connectivity index (χ0) is 41.0. The monoisotopic (exact) mass is 784 g/mol. The molecule has 9 rings (SSSR count). The van der Waals surface area contributed by atoms with E-state index in [2.05, 4.69) is 10.6 Å². The number of rotatable bonds is 11. The SMILES string of the molecule is CC1=C(C(=O)NCCCn2cccc2)C2=C(C1)C(=O)c1ccccc1C2=O.O=C1c2ccccc2C(=O)c2c1oc(-c1ccccc1)c2C(=O)NCCCn1cccc1. The van der Waals surface area contributed by atoms with Crippen LogP contribution in [0.4, 0.5) is 0 Å². The Bertz CT molecular complexity index is 2700. The van der Waals surface area contributed by atoms with E-state index in [1.807, 2.05) is 83.3 Å². The molecule has 11 heteroatoms. The molecule has 0 aliphatic heterocycles. The van der Waals surface area contributed by atoms with Crippen LogP contribution in [-0.4, -0.2) is 57.2 Å². The molecule has 11 nitrogen and oxygen atoms in total. The van der Waals surface area contributed by atoms with Crippen LogP contribution in [0, 0.1) is 0 Å². The number of Topliss-reactive ketones (excluding diaryl/α,β-unsaturated/α-hetero) is 2. The Morgan fingerprint density at radius 1 is 0.576 bits per heavy atom. The number of benzene rings is 3. The summed E-state index contributed by atoms with van der Waals surface area (Å²) >= 11 is 0. The lowest BCUT2D eigenvalue weighted by atomic mass is 9.83. The van der Waals surface area contributed by atoms with E-state index >= 15 is 0 Å². The molecule has 6 aromatic rings. The normalized spacial score (nSPS) is 14.0. The quantitative estimate of drug-likeness (QED) is 0.130. The molecule has 0 saturated carbocycles. The van der Waals surface area contributed by atoms with Gasteiger partial charge in [0.05, 0.1) is 16.7 Å². The number of amides is 2.